The second-order valence-corrected chi connectivity index (χ2v) is 4.87. The van der Waals surface area contributed by atoms with Crippen LogP contribution in [0.25, 0.3) is 0 Å². The van der Waals surface area contributed by atoms with Crippen LogP contribution in [0.4, 0.5) is 0 Å². The number of carbonyl (C=O) groups excluding carboxylic acids is 2. The van der Waals surface area contributed by atoms with E-state index in [0.29, 0.717) is 29.4 Å². The molecule has 2 amide bonds. The molecule has 2 aromatic carbocycles. The number of para-hydroxylation sites is 3. The summed E-state index contributed by atoms with van der Waals surface area (Å²) in [7, 11) is 1.51. The first kappa shape index (κ1) is 18.1. The number of nitrogens with one attached hydrogen (secondary N) is 2. The Balaban J connectivity index is 1.86. The van der Waals surface area contributed by atoms with E-state index >= 15 is 0 Å². The average molecular weight is 344 g/mol. The Morgan fingerprint density at radius 2 is 1.52 bits per heavy atom. The van der Waals surface area contributed by atoms with Crippen molar-refractivity contribution >= 4 is 11.8 Å². The van der Waals surface area contributed by atoms with E-state index in [2.05, 4.69) is 10.9 Å². The van der Waals surface area contributed by atoms with Crippen LogP contribution in [0.1, 0.15) is 17.3 Å². The third-order valence-corrected chi connectivity index (χ3v) is 3.17. The molecule has 7 nitrogen and oxygen atoms in total. The quantitative estimate of drug-likeness (QED) is 0.750. The normalized spacial score (nSPS) is 9.84. The van der Waals surface area contributed by atoms with Crippen LogP contribution in [0.5, 0.6) is 17.2 Å². The Hall–Kier alpha value is -3.22. The van der Waals surface area contributed by atoms with Gasteiger partial charge in [0.1, 0.15) is 5.75 Å². The van der Waals surface area contributed by atoms with E-state index in [1.54, 1.807) is 48.5 Å². The zero-order valence-electron chi connectivity index (χ0n) is 14.1. The molecule has 2 rings (SSSR count). The van der Waals surface area contributed by atoms with Gasteiger partial charge in [0.15, 0.2) is 18.1 Å². The minimum Gasteiger partial charge on any atom is -0.493 e. The summed E-state index contributed by atoms with van der Waals surface area (Å²) < 4.78 is 15.9. The van der Waals surface area contributed by atoms with Gasteiger partial charge in [0.05, 0.1) is 19.3 Å². The van der Waals surface area contributed by atoms with Crippen molar-refractivity contribution in [3.8, 4) is 17.2 Å². The molecule has 0 radical (unpaired) electrons. The number of hydrazine groups is 1. The minimum absolute atomic E-state index is 0.270. The van der Waals surface area contributed by atoms with E-state index in [1.807, 2.05) is 6.92 Å². The number of amides is 2. The van der Waals surface area contributed by atoms with Gasteiger partial charge < -0.3 is 14.2 Å². The van der Waals surface area contributed by atoms with E-state index in [1.165, 1.54) is 7.11 Å². The van der Waals surface area contributed by atoms with Gasteiger partial charge in [-0.15, -0.1) is 0 Å². The van der Waals surface area contributed by atoms with Crippen LogP contribution < -0.4 is 25.1 Å². The Morgan fingerprint density at radius 3 is 2.20 bits per heavy atom. The summed E-state index contributed by atoms with van der Waals surface area (Å²) in [6.07, 6.45) is 0. The standard InChI is InChI=1S/C18H20N2O5/c1-3-24-14-9-5-4-8-13(14)18(22)20-19-17(21)12-25-16-11-7-6-10-15(16)23-2/h4-11H,3,12H2,1-2H3,(H,19,21)(H,20,22). The van der Waals surface area contributed by atoms with Gasteiger partial charge in [-0.05, 0) is 31.2 Å². The number of carbonyl (C=O) groups is 2. The molecule has 0 saturated heterocycles. The molecule has 2 aromatic rings. The number of methoxy groups -OCH3 is 1. The van der Waals surface area contributed by atoms with Crippen LogP contribution in [-0.2, 0) is 4.79 Å². The van der Waals surface area contributed by atoms with Gasteiger partial charge >= 0.3 is 0 Å². The summed E-state index contributed by atoms with van der Waals surface area (Å²) >= 11 is 0. The van der Waals surface area contributed by atoms with Gasteiger partial charge in [-0.1, -0.05) is 24.3 Å². The second kappa shape index (κ2) is 9.17. The van der Waals surface area contributed by atoms with E-state index in [9.17, 15) is 9.59 Å². The lowest BCUT2D eigenvalue weighted by atomic mass is 10.2. The average Bonchev–Trinajstić information content (AvgIpc) is 2.65. The molecule has 25 heavy (non-hydrogen) atoms. The Labute approximate surface area is 145 Å². The first-order valence-corrected chi connectivity index (χ1v) is 7.72. The van der Waals surface area contributed by atoms with Gasteiger partial charge in [-0.2, -0.15) is 0 Å². The highest BCUT2D eigenvalue weighted by Crippen LogP contribution is 2.25. The summed E-state index contributed by atoms with van der Waals surface area (Å²) in [4.78, 5) is 24.0. The molecule has 0 aliphatic carbocycles. The van der Waals surface area contributed by atoms with Crippen molar-refractivity contribution in [2.24, 2.45) is 0 Å². The van der Waals surface area contributed by atoms with Crippen molar-refractivity contribution in [2.45, 2.75) is 6.92 Å². The maximum Gasteiger partial charge on any atom is 0.276 e. The molecule has 0 unspecified atom stereocenters. The molecule has 2 N–H and O–H groups in total. The van der Waals surface area contributed by atoms with Crippen molar-refractivity contribution < 1.29 is 23.8 Å². The lowest BCUT2D eigenvalue weighted by Crippen LogP contribution is -2.43. The van der Waals surface area contributed by atoms with Crippen LogP contribution in [0.15, 0.2) is 48.5 Å². The Morgan fingerprint density at radius 1 is 0.880 bits per heavy atom. The maximum atomic E-state index is 12.2. The third kappa shape index (κ3) is 5.13. The van der Waals surface area contributed by atoms with Crippen molar-refractivity contribution in [3.63, 3.8) is 0 Å². The SMILES string of the molecule is CCOc1ccccc1C(=O)NNC(=O)COc1ccccc1OC. The summed E-state index contributed by atoms with van der Waals surface area (Å²) in [5.74, 6) is 0.419. The molecule has 0 aromatic heterocycles. The van der Waals surface area contributed by atoms with Crippen molar-refractivity contribution in [3.05, 3.63) is 54.1 Å². The number of ether oxygens (including phenoxy) is 3. The zero-order chi connectivity index (χ0) is 18.1. The first-order chi connectivity index (χ1) is 12.2. The largest absolute Gasteiger partial charge is 0.493 e. The Bertz CT molecular complexity index is 733. The molecular formula is C18H20N2O5. The monoisotopic (exact) mass is 344 g/mol. The van der Waals surface area contributed by atoms with E-state index in [0.717, 1.165) is 0 Å². The van der Waals surface area contributed by atoms with Crippen molar-refractivity contribution in [2.75, 3.05) is 20.3 Å². The molecule has 132 valence electrons. The number of hydrogen-bond acceptors (Lipinski definition) is 5. The van der Waals surface area contributed by atoms with Gasteiger partial charge in [0.25, 0.3) is 11.8 Å². The lowest BCUT2D eigenvalue weighted by molar-refractivity contribution is -0.123. The summed E-state index contributed by atoms with van der Waals surface area (Å²) in [5.41, 5.74) is 4.96. The fourth-order valence-corrected chi connectivity index (χ4v) is 2.05. The van der Waals surface area contributed by atoms with E-state index < -0.39 is 11.8 Å². The smallest absolute Gasteiger partial charge is 0.276 e. The number of rotatable bonds is 7. The topological polar surface area (TPSA) is 85.9 Å². The molecule has 0 bridgehead atoms. The van der Waals surface area contributed by atoms with Gasteiger partial charge in [-0.3, -0.25) is 20.4 Å². The van der Waals surface area contributed by atoms with Gasteiger partial charge in [0.2, 0.25) is 0 Å². The zero-order valence-corrected chi connectivity index (χ0v) is 14.1. The summed E-state index contributed by atoms with van der Waals surface area (Å²) in [6.45, 7) is 1.99. The lowest BCUT2D eigenvalue weighted by Gasteiger charge is -2.12. The van der Waals surface area contributed by atoms with Crippen molar-refractivity contribution in [1.29, 1.82) is 0 Å². The predicted octanol–water partition coefficient (Wildman–Crippen LogP) is 1.93. The van der Waals surface area contributed by atoms with Gasteiger partial charge in [0, 0.05) is 0 Å². The minimum atomic E-state index is -0.506. The highest BCUT2D eigenvalue weighted by atomic mass is 16.5. The van der Waals surface area contributed by atoms with Gasteiger partial charge in [-0.25, -0.2) is 0 Å². The molecule has 0 fully saturated rings. The fraction of sp³-hybridized carbons (Fsp3) is 0.222. The maximum absolute atomic E-state index is 12.2. The summed E-state index contributed by atoms with van der Waals surface area (Å²) in [6, 6.07) is 13.7. The third-order valence-electron chi connectivity index (χ3n) is 3.17. The van der Waals surface area contributed by atoms with Crippen LogP contribution in [0, 0.1) is 0 Å². The molecule has 7 heteroatoms. The number of hydrogen-bond donors (Lipinski definition) is 2. The molecular weight excluding hydrogens is 324 g/mol. The van der Waals surface area contributed by atoms with E-state index in [-0.39, 0.29) is 6.61 Å². The summed E-state index contributed by atoms with van der Waals surface area (Å²) in [5, 5.41) is 0. The highest BCUT2D eigenvalue weighted by molar-refractivity contribution is 5.97. The predicted molar refractivity (Wildman–Crippen MR) is 91.7 cm³/mol. The van der Waals surface area contributed by atoms with Crippen LogP contribution in [0.2, 0.25) is 0 Å². The highest BCUT2D eigenvalue weighted by Gasteiger charge is 2.13. The fourth-order valence-electron chi connectivity index (χ4n) is 2.05. The first-order valence-electron chi connectivity index (χ1n) is 7.72. The molecule has 0 heterocycles. The molecule has 0 atom stereocenters. The Kier molecular flexibility index (Phi) is 6.65. The van der Waals surface area contributed by atoms with Crippen LogP contribution >= 0.6 is 0 Å². The second-order valence-electron chi connectivity index (χ2n) is 4.87. The number of benzene rings is 2. The molecule has 0 spiro atoms. The van der Waals surface area contributed by atoms with Crippen molar-refractivity contribution in [1.82, 2.24) is 10.9 Å². The van der Waals surface area contributed by atoms with E-state index in [4.69, 9.17) is 14.2 Å². The molecule has 0 saturated carbocycles. The molecule has 0 aliphatic heterocycles. The molecule has 0 aliphatic rings. The van der Waals surface area contributed by atoms with Crippen LogP contribution in [-0.4, -0.2) is 32.1 Å². The van der Waals surface area contributed by atoms with Crippen LogP contribution in [0.3, 0.4) is 0 Å².